The molecule has 0 spiro atoms. The monoisotopic (exact) mass is 212 g/mol. The number of terminal acetylenes is 1. The molecule has 0 heterocycles. The predicted octanol–water partition coefficient (Wildman–Crippen LogP) is 0.562. The molecule has 0 aliphatic rings. The molecule has 0 aliphatic carbocycles. The third kappa shape index (κ3) is 7.38. The number of carboxylic acids is 1. The SMILES string of the molecule is C#CCNC(=O)NC(CCC)CC(=O)O. The molecule has 1 unspecified atom stereocenters. The van der Waals surface area contributed by atoms with Crippen LogP contribution in [0.3, 0.4) is 0 Å². The first-order chi connectivity index (χ1) is 7.10. The van der Waals surface area contributed by atoms with Crippen molar-refractivity contribution in [3.05, 3.63) is 0 Å². The number of urea groups is 1. The molecule has 5 heteroatoms. The van der Waals surface area contributed by atoms with Crippen molar-refractivity contribution >= 4 is 12.0 Å². The Hall–Kier alpha value is -1.70. The van der Waals surface area contributed by atoms with Gasteiger partial charge in [-0.25, -0.2) is 4.79 Å². The second-order valence-electron chi connectivity index (χ2n) is 3.11. The maximum absolute atomic E-state index is 11.2. The fourth-order valence-corrected chi connectivity index (χ4v) is 1.15. The second-order valence-corrected chi connectivity index (χ2v) is 3.11. The number of carboxylic acid groups (broad SMARTS) is 1. The van der Waals surface area contributed by atoms with Crippen LogP contribution in [0.2, 0.25) is 0 Å². The van der Waals surface area contributed by atoms with Gasteiger partial charge in [0.25, 0.3) is 0 Å². The zero-order chi connectivity index (χ0) is 11.7. The van der Waals surface area contributed by atoms with E-state index in [0.717, 1.165) is 6.42 Å². The van der Waals surface area contributed by atoms with Crippen LogP contribution in [0.15, 0.2) is 0 Å². The first-order valence-electron chi connectivity index (χ1n) is 4.79. The van der Waals surface area contributed by atoms with Gasteiger partial charge in [0.15, 0.2) is 0 Å². The van der Waals surface area contributed by atoms with Gasteiger partial charge in [-0.2, -0.15) is 0 Å². The summed E-state index contributed by atoms with van der Waals surface area (Å²) in [5.41, 5.74) is 0. The van der Waals surface area contributed by atoms with Gasteiger partial charge >= 0.3 is 12.0 Å². The molecule has 84 valence electrons. The van der Waals surface area contributed by atoms with E-state index >= 15 is 0 Å². The first-order valence-corrected chi connectivity index (χ1v) is 4.79. The average molecular weight is 212 g/mol. The minimum absolute atomic E-state index is 0.0721. The Morgan fingerprint density at radius 1 is 1.53 bits per heavy atom. The van der Waals surface area contributed by atoms with E-state index in [-0.39, 0.29) is 19.0 Å². The Labute approximate surface area is 89.2 Å². The Morgan fingerprint density at radius 3 is 2.67 bits per heavy atom. The molecule has 0 saturated carbocycles. The van der Waals surface area contributed by atoms with Gasteiger partial charge in [0.05, 0.1) is 13.0 Å². The number of carbonyl (C=O) groups is 2. The Kier molecular flexibility index (Phi) is 6.81. The molecular formula is C10H16N2O3. The fourth-order valence-electron chi connectivity index (χ4n) is 1.15. The highest BCUT2D eigenvalue weighted by Gasteiger charge is 2.14. The normalized spacial score (nSPS) is 11.2. The van der Waals surface area contributed by atoms with Gasteiger partial charge in [0, 0.05) is 6.04 Å². The summed E-state index contributed by atoms with van der Waals surface area (Å²) in [7, 11) is 0. The van der Waals surface area contributed by atoms with Crippen molar-refractivity contribution < 1.29 is 14.7 Å². The van der Waals surface area contributed by atoms with Gasteiger partial charge < -0.3 is 15.7 Å². The molecule has 0 saturated heterocycles. The van der Waals surface area contributed by atoms with Gasteiger partial charge in [0.1, 0.15) is 0 Å². The number of hydrogen-bond acceptors (Lipinski definition) is 2. The molecule has 15 heavy (non-hydrogen) atoms. The zero-order valence-corrected chi connectivity index (χ0v) is 8.75. The third-order valence-electron chi connectivity index (χ3n) is 1.74. The number of rotatable bonds is 6. The number of amides is 2. The van der Waals surface area contributed by atoms with Crippen LogP contribution < -0.4 is 10.6 Å². The van der Waals surface area contributed by atoms with Crippen molar-refractivity contribution in [3.63, 3.8) is 0 Å². The Balaban J connectivity index is 3.98. The van der Waals surface area contributed by atoms with Crippen LogP contribution in [0.5, 0.6) is 0 Å². The highest BCUT2D eigenvalue weighted by atomic mass is 16.4. The second kappa shape index (κ2) is 7.68. The van der Waals surface area contributed by atoms with Crippen molar-refractivity contribution in [2.75, 3.05) is 6.54 Å². The molecule has 0 bridgehead atoms. The molecule has 0 rings (SSSR count). The molecule has 0 aromatic heterocycles. The van der Waals surface area contributed by atoms with E-state index in [0.29, 0.717) is 6.42 Å². The van der Waals surface area contributed by atoms with E-state index in [1.807, 2.05) is 6.92 Å². The quantitative estimate of drug-likeness (QED) is 0.563. The smallest absolute Gasteiger partial charge is 0.315 e. The van der Waals surface area contributed by atoms with Crippen molar-refractivity contribution in [2.24, 2.45) is 0 Å². The molecular weight excluding hydrogens is 196 g/mol. The van der Waals surface area contributed by atoms with Gasteiger partial charge in [-0.3, -0.25) is 4.79 Å². The minimum atomic E-state index is -0.925. The lowest BCUT2D eigenvalue weighted by Gasteiger charge is -2.15. The fraction of sp³-hybridized carbons (Fsp3) is 0.600. The third-order valence-corrected chi connectivity index (χ3v) is 1.74. The molecule has 0 fully saturated rings. The lowest BCUT2D eigenvalue weighted by molar-refractivity contribution is -0.137. The van der Waals surface area contributed by atoms with Gasteiger partial charge in [-0.15, -0.1) is 6.42 Å². The van der Waals surface area contributed by atoms with Crippen molar-refractivity contribution in [3.8, 4) is 12.3 Å². The van der Waals surface area contributed by atoms with Crippen LogP contribution >= 0.6 is 0 Å². The predicted molar refractivity (Wildman–Crippen MR) is 56.3 cm³/mol. The van der Waals surface area contributed by atoms with Crippen LogP contribution in [-0.4, -0.2) is 29.7 Å². The molecule has 2 amide bonds. The van der Waals surface area contributed by atoms with Crippen LogP contribution in [0.25, 0.3) is 0 Å². The van der Waals surface area contributed by atoms with E-state index < -0.39 is 12.0 Å². The minimum Gasteiger partial charge on any atom is -0.481 e. The molecule has 1 atom stereocenters. The molecule has 0 aromatic carbocycles. The lowest BCUT2D eigenvalue weighted by atomic mass is 10.1. The van der Waals surface area contributed by atoms with E-state index in [4.69, 9.17) is 11.5 Å². The Bertz CT molecular complexity index is 258. The number of carbonyl (C=O) groups excluding carboxylic acids is 1. The summed E-state index contributed by atoms with van der Waals surface area (Å²) in [6.07, 6.45) is 6.34. The average Bonchev–Trinajstić information content (AvgIpc) is 2.14. The maximum atomic E-state index is 11.2. The number of nitrogens with one attached hydrogen (secondary N) is 2. The van der Waals surface area contributed by atoms with Gasteiger partial charge in [0.2, 0.25) is 0 Å². The van der Waals surface area contributed by atoms with Gasteiger partial charge in [-0.05, 0) is 6.42 Å². The van der Waals surface area contributed by atoms with Crippen molar-refractivity contribution in [2.45, 2.75) is 32.2 Å². The molecule has 0 aromatic rings. The van der Waals surface area contributed by atoms with E-state index in [9.17, 15) is 9.59 Å². The molecule has 5 nitrogen and oxygen atoms in total. The Morgan fingerprint density at radius 2 is 2.20 bits per heavy atom. The molecule has 3 N–H and O–H groups in total. The number of aliphatic carboxylic acids is 1. The summed E-state index contributed by atoms with van der Waals surface area (Å²) in [5.74, 6) is 1.33. The summed E-state index contributed by atoms with van der Waals surface area (Å²) >= 11 is 0. The molecule has 0 aliphatic heterocycles. The van der Waals surface area contributed by atoms with E-state index in [1.165, 1.54) is 0 Å². The van der Waals surface area contributed by atoms with Crippen molar-refractivity contribution in [1.82, 2.24) is 10.6 Å². The summed E-state index contributed by atoms with van der Waals surface area (Å²) in [4.78, 5) is 21.6. The maximum Gasteiger partial charge on any atom is 0.315 e. The summed E-state index contributed by atoms with van der Waals surface area (Å²) < 4.78 is 0. The van der Waals surface area contributed by atoms with Crippen LogP contribution in [-0.2, 0) is 4.79 Å². The zero-order valence-electron chi connectivity index (χ0n) is 8.75. The highest BCUT2D eigenvalue weighted by molar-refractivity contribution is 5.75. The van der Waals surface area contributed by atoms with Crippen molar-refractivity contribution in [1.29, 1.82) is 0 Å². The van der Waals surface area contributed by atoms with Crippen LogP contribution in [0.4, 0.5) is 4.79 Å². The summed E-state index contributed by atoms with van der Waals surface area (Å²) in [6, 6.07) is -0.766. The largest absolute Gasteiger partial charge is 0.481 e. The summed E-state index contributed by atoms with van der Waals surface area (Å²) in [5, 5.41) is 13.6. The van der Waals surface area contributed by atoms with E-state index in [1.54, 1.807) is 0 Å². The summed E-state index contributed by atoms with van der Waals surface area (Å²) in [6.45, 7) is 2.06. The first kappa shape index (κ1) is 13.3. The van der Waals surface area contributed by atoms with E-state index in [2.05, 4.69) is 16.6 Å². The van der Waals surface area contributed by atoms with Gasteiger partial charge in [-0.1, -0.05) is 19.3 Å². The lowest BCUT2D eigenvalue weighted by Crippen LogP contribution is -2.43. The standard InChI is InChI=1S/C10H16N2O3/c1-3-5-8(7-9(13)14)12-10(15)11-6-4-2/h2,8H,3,5-7H2,1H3,(H,13,14)(H2,11,12,15). The number of hydrogen-bond donors (Lipinski definition) is 3. The topological polar surface area (TPSA) is 78.4 Å². The van der Waals surface area contributed by atoms with Crippen LogP contribution in [0, 0.1) is 12.3 Å². The molecule has 0 radical (unpaired) electrons. The van der Waals surface area contributed by atoms with Crippen LogP contribution in [0.1, 0.15) is 26.2 Å². The highest BCUT2D eigenvalue weighted by Crippen LogP contribution is 2.01.